The highest BCUT2D eigenvalue weighted by molar-refractivity contribution is 7.99. The van der Waals surface area contributed by atoms with Crippen molar-refractivity contribution in [3.63, 3.8) is 0 Å². The molecule has 0 spiro atoms. The molecule has 6 heavy (non-hydrogen) atoms. The molecular formula is C4H8SSi. The molecule has 0 saturated carbocycles. The molecule has 0 unspecified atom stereocenters. The molecule has 1 fully saturated rings. The second-order valence-corrected chi connectivity index (χ2v) is 4.09. The van der Waals surface area contributed by atoms with Crippen molar-refractivity contribution in [2.45, 2.75) is 12.1 Å². The lowest BCUT2D eigenvalue weighted by atomic mass is 10.9. The first-order valence-corrected chi connectivity index (χ1v) is 4.85. The summed E-state index contributed by atoms with van der Waals surface area (Å²) < 4.78 is 0. The number of thioether (sulfide) groups is 1. The van der Waals surface area contributed by atoms with Crippen LogP contribution < -0.4 is 0 Å². The molecular weight excluding hydrogens is 108 g/mol. The molecule has 0 bridgehead atoms. The summed E-state index contributed by atoms with van der Waals surface area (Å²) in [7, 11) is 1.28. The highest BCUT2D eigenvalue weighted by Crippen LogP contribution is 2.10. The van der Waals surface area contributed by atoms with E-state index in [0.717, 1.165) is 0 Å². The normalized spacial score (nSPS) is 24.0. The highest BCUT2D eigenvalue weighted by atomic mass is 32.2. The largest absolute Gasteiger partial charge is 0.163 e. The van der Waals surface area contributed by atoms with Gasteiger partial charge in [-0.15, -0.1) is 0 Å². The molecule has 1 aliphatic heterocycles. The van der Waals surface area contributed by atoms with Crippen LogP contribution in [-0.2, 0) is 0 Å². The van der Waals surface area contributed by atoms with Gasteiger partial charge in [-0.25, -0.2) is 0 Å². The van der Waals surface area contributed by atoms with E-state index in [2.05, 4.69) is 11.8 Å². The van der Waals surface area contributed by atoms with Gasteiger partial charge in [0.2, 0.25) is 0 Å². The van der Waals surface area contributed by atoms with Crippen molar-refractivity contribution in [1.29, 1.82) is 0 Å². The Bertz CT molecular complexity index is 23.0. The van der Waals surface area contributed by atoms with E-state index in [9.17, 15) is 0 Å². The predicted molar refractivity (Wildman–Crippen MR) is 32.7 cm³/mol. The Hall–Kier alpha value is 0.567. The average molecular weight is 116 g/mol. The van der Waals surface area contributed by atoms with Crippen LogP contribution in [0.15, 0.2) is 0 Å². The first kappa shape index (κ1) is 4.72. The van der Waals surface area contributed by atoms with E-state index in [4.69, 9.17) is 0 Å². The Kier molecular flexibility index (Phi) is 2.12. The predicted octanol–water partition coefficient (Wildman–Crippen LogP) is 1.27. The smallest absolute Gasteiger partial charge is 0.0395 e. The lowest BCUT2D eigenvalue weighted by molar-refractivity contribution is 1.33. The summed E-state index contributed by atoms with van der Waals surface area (Å²) in [6.07, 6.45) is 0. The topological polar surface area (TPSA) is 0 Å². The van der Waals surface area contributed by atoms with Gasteiger partial charge in [0, 0.05) is 9.52 Å². The summed E-state index contributed by atoms with van der Waals surface area (Å²) in [5.74, 6) is 2.86. The van der Waals surface area contributed by atoms with E-state index < -0.39 is 0 Å². The zero-order valence-corrected chi connectivity index (χ0v) is 5.55. The summed E-state index contributed by atoms with van der Waals surface area (Å²) in [4.78, 5) is 0. The van der Waals surface area contributed by atoms with Crippen LogP contribution in [0.1, 0.15) is 0 Å². The number of rotatable bonds is 0. The van der Waals surface area contributed by atoms with Crippen molar-refractivity contribution < 1.29 is 0 Å². The lowest BCUT2D eigenvalue weighted by Gasteiger charge is -2.04. The zero-order valence-electron chi connectivity index (χ0n) is 3.74. The van der Waals surface area contributed by atoms with Crippen molar-refractivity contribution in [3.8, 4) is 0 Å². The van der Waals surface area contributed by atoms with Gasteiger partial charge >= 0.3 is 0 Å². The zero-order chi connectivity index (χ0) is 4.24. The second kappa shape index (κ2) is 2.69. The van der Waals surface area contributed by atoms with E-state index in [-0.39, 0.29) is 0 Å². The van der Waals surface area contributed by atoms with Gasteiger partial charge in [0.25, 0.3) is 0 Å². The Morgan fingerprint density at radius 2 is 1.83 bits per heavy atom. The molecule has 0 nitrogen and oxygen atoms in total. The SMILES string of the molecule is C1CSCC[Si]1. The quantitative estimate of drug-likeness (QED) is 0.430. The van der Waals surface area contributed by atoms with Gasteiger partial charge < -0.3 is 0 Å². The van der Waals surface area contributed by atoms with Gasteiger partial charge in [-0.2, -0.15) is 11.8 Å². The number of hydrogen-bond donors (Lipinski definition) is 0. The van der Waals surface area contributed by atoms with Gasteiger partial charge in [-0.05, 0) is 11.5 Å². The number of hydrogen-bond acceptors (Lipinski definition) is 1. The van der Waals surface area contributed by atoms with Gasteiger partial charge in [0.1, 0.15) is 0 Å². The molecule has 0 aromatic rings. The standard InChI is InChI=1S/C4H8SSi/c1-3-6-4-2-5-1/h1-4H2. The Labute approximate surface area is 45.5 Å². The molecule has 2 radical (unpaired) electrons. The third kappa shape index (κ3) is 1.35. The van der Waals surface area contributed by atoms with Gasteiger partial charge in [0.05, 0.1) is 0 Å². The summed E-state index contributed by atoms with van der Waals surface area (Å²) in [5, 5.41) is 0. The maximum atomic E-state index is 2.10. The first-order chi connectivity index (χ1) is 3.00. The van der Waals surface area contributed by atoms with Crippen molar-refractivity contribution in [3.05, 3.63) is 0 Å². The Morgan fingerprint density at radius 1 is 1.17 bits per heavy atom. The summed E-state index contributed by atoms with van der Waals surface area (Å²) in [6.45, 7) is 0. The van der Waals surface area contributed by atoms with E-state index in [1.54, 1.807) is 0 Å². The van der Waals surface area contributed by atoms with Gasteiger partial charge in [0.15, 0.2) is 0 Å². The molecule has 0 atom stereocenters. The summed E-state index contributed by atoms with van der Waals surface area (Å²) in [6, 6.07) is 2.98. The molecule has 1 heterocycles. The first-order valence-electron chi connectivity index (χ1n) is 2.28. The van der Waals surface area contributed by atoms with Crippen molar-refractivity contribution in [1.82, 2.24) is 0 Å². The van der Waals surface area contributed by atoms with Crippen molar-refractivity contribution in [2.24, 2.45) is 0 Å². The van der Waals surface area contributed by atoms with Crippen LogP contribution in [0.3, 0.4) is 0 Å². The maximum absolute atomic E-state index is 2.10. The van der Waals surface area contributed by atoms with Crippen molar-refractivity contribution >= 4 is 21.3 Å². The molecule has 0 aromatic heterocycles. The minimum atomic E-state index is 1.28. The van der Waals surface area contributed by atoms with Crippen LogP contribution >= 0.6 is 11.8 Å². The molecule has 2 heteroatoms. The lowest BCUT2D eigenvalue weighted by Crippen LogP contribution is -1.99. The Morgan fingerprint density at radius 3 is 2.00 bits per heavy atom. The minimum absolute atomic E-state index is 1.28. The van der Waals surface area contributed by atoms with Crippen LogP contribution in [0.4, 0.5) is 0 Å². The molecule has 0 aromatic carbocycles. The molecule has 34 valence electrons. The second-order valence-electron chi connectivity index (χ2n) is 1.36. The minimum Gasteiger partial charge on any atom is -0.163 e. The molecule has 0 N–H and O–H groups in total. The molecule has 0 aliphatic carbocycles. The van der Waals surface area contributed by atoms with Crippen molar-refractivity contribution in [2.75, 3.05) is 11.5 Å². The van der Waals surface area contributed by atoms with Crippen LogP contribution in [0, 0.1) is 0 Å². The van der Waals surface area contributed by atoms with E-state index in [1.807, 2.05) is 0 Å². The van der Waals surface area contributed by atoms with E-state index >= 15 is 0 Å². The molecule has 1 saturated heterocycles. The average Bonchev–Trinajstić information content (AvgIpc) is 1.72. The summed E-state index contributed by atoms with van der Waals surface area (Å²) in [5.41, 5.74) is 0. The fraction of sp³-hybridized carbons (Fsp3) is 1.00. The van der Waals surface area contributed by atoms with Crippen LogP contribution in [0.2, 0.25) is 12.1 Å². The van der Waals surface area contributed by atoms with E-state index in [1.165, 1.54) is 33.1 Å². The fourth-order valence-corrected chi connectivity index (χ4v) is 3.28. The molecule has 1 aliphatic rings. The highest BCUT2D eigenvalue weighted by Gasteiger charge is 1.96. The molecule has 1 rings (SSSR count). The van der Waals surface area contributed by atoms with Crippen LogP contribution in [0.5, 0.6) is 0 Å². The fourth-order valence-electron chi connectivity index (χ4n) is 0.516. The molecule has 0 amide bonds. The third-order valence-corrected chi connectivity index (χ3v) is 3.76. The van der Waals surface area contributed by atoms with Crippen LogP contribution in [0.25, 0.3) is 0 Å². The summed E-state index contributed by atoms with van der Waals surface area (Å²) >= 11 is 2.10. The third-order valence-electron chi connectivity index (χ3n) is 0.846. The Balaban J connectivity index is 2.00. The maximum Gasteiger partial charge on any atom is 0.0395 e. The monoisotopic (exact) mass is 116 g/mol. The van der Waals surface area contributed by atoms with E-state index in [0.29, 0.717) is 0 Å². The van der Waals surface area contributed by atoms with Gasteiger partial charge in [-0.3, -0.25) is 0 Å². The van der Waals surface area contributed by atoms with Crippen LogP contribution in [-0.4, -0.2) is 21.0 Å². The van der Waals surface area contributed by atoms with Gasteiger partial charge in [-0.1, -0.05) is 12.1 Å².